The minimum absolute atomic E-state index is 0.0222. The Balaban J connectivity index is 2.27. The molecule has 0 unspecified atom stereocenters. The third kappa shape index (κ3) is 4.60. The van der Waals surface area contributed by atoms with Crippen LogP contribution in [0.5, 0.6) is 5.88 Å². The summed E-state index contributed by atoms with van der Waals surface area (Å²) in [5.74, 6) is 0.303. The van der Waals surface area contributed by atoms with Gasteiger partial charge in [0, 0.05) is 6.61 Å². The van der Waals surface area contributed by atoms with E-state index in [1.54, 1.807) is 0 Å². The average Bonchev–Trinajstić information content (AvgIpc) is 2.33. The molecule has 0 saturated heterocycles. The summed E-state index contributed by atoms with van der Waals surface area (Å²) in [6.07, 6.45) is 0. The van der Waals surface area contributed by atoms with Crippen LogP contribution in [0, 0.1) is 0 Å². The van der Waals surface area contributed by atoms with Crippen molar-refractivity contribution >= 4 is 17.5 Å². The van der Waals surface area contributed by atoms with E-state index in [2.05, 4.69) is 9.97 Å². The van der Waals surface area contributed by atoms with Gasteiger partial charge in [-0.3, -0.25) is 0 Å². The number of nitrogens with two attached hydrogens (primary N) is 3. The van der Waals surface area contributed by atoms with Gasteiger partial charge in [0.05, 0.1) is 19.8 Å². The first-order valence-corrected chi connectivity index (χ1v) is 5.62. The van der Waals surface area contributed by atoms with Crippen molar-refractivity contribution < 1.29 is 14.2 Å². The van der Waals surface area contributed by atoms with E-state index in [0.29, 0.717) is 33.0 Å². The maximum Gasteiger partial charge on any atom is 0.244 e. The molecule has 0 aliphatic carbocycles. The Morgan fingerprint density at radius 1 is 0.944 bits per heavy atom. The molecule has 8 nitrogen and oxygen atoms in total. The van der Waals surface area contributed by atoms with Crippen molar-refractivity contribution in [2.24, 2.45) is 0 Å². The predicted octanol–water partition coefficient (Wildman–Crippen LogP) is -0.345. The summed E-state index contributed by atoms with van der Waals surface area (Å²) < 4.78 is 15.7. The third-order valence-electron chi connectivity index (χ3n) is 2.00. The Kier molecular flexibility index (Phi) is 5.95. The molecule has 0 aliphatic heterocycles. The van der Waals surface area contributed by atoms with Gasteiger partial charge in [-0.15, -0.1) is 0 Å². The van der Waals surface area contributed by atoms with Crippen molar-refractivity contribution in [3.8, 4) is 5.88 Å². The lowest BCUT2D eigenvalue weighted by Crippen LogP contribution is -2.13. The van der Waals surface area contributed by atoms with Crippen LogP contribution >= 0.6 is 0 Å². The summed E-state index contributed by atoms with van der Waals surface area (Å²) in [4.78, 5) is 7.54. The molecule has 1 heterocycles. The molecule has 0 aromatic carbocycles. The summed E-state index contributed by atoms with van der Waals surface area (Å²) in [5.41, 5.74) is 16.8. The maximum absolute atomic E-state index is 5.64. The Hall–Kier alpha value is -1.80. The Morgan fingerprint density at radius 2 is 1.61 bits per heavy atom. The lowest BCUT2D eigenvalue weighted by Gasteiger charge is -2.09. The zero-order chi connectivity index (χ0) is 13.4. The molecule has 18 heavy (non-hydrogen) atoms. The maximum atomic E-state index is 5.64. The lowest BCUT2D eigenvalue weighted by atomic mass is 10.4. The second-order valence-electron chi connectivity index (χ2n) is 3.34. The third-order valence-corrected chi connectivity index (χ3v) is 2.00. The van der Waals surface area contributed by atoms with E-state index in [4.69, 9.17) is 31.4 Å². The number of nitrogen functional groups attached to an aromatic ring is 3. The number of aromatic nitrogens is 2. The number of nitrogens with zero attached hydrogens (tertiary/aromatic N) is 2. The second-order valence-corrected chi connectivity index (χ2v) is 3.34. The van der Waals surface area contributed by atoms with Crippen molar-refractivity contribution in [1.82, 2.24) is 9.97 Å². The standard InChI is InChI=1S/C10H19N5O3/c1-2-16-3-4-17-5-6-18-9-7(11)8(12)14-10(13)15-9/h2-6,11H2,1H3,(H4,12,13,14,15). The number of anilines is 3. The van der Waals surface area contributed by atoms with Gasteiger partial charge in [0.2, 0.25) is 11.8 Å². The van der Waals surface area contributed by atoms with Gasteiger partial charge in [0.25, 0.3) is 0 Å². The summed E-state index contributed by atoms with van der Waals surface area (Å²) in [7, 11) is 0. The number of hydrogen-bond acceptors (Lipinski definition) is 8. The van der Waals surface area contributed by atoms with Gasteiger partial charge in [-0.1, -0.05) is 0 Å². The van der Waals surface area contributed by atoms with E-state index in [1.165, 1.54) is 0 Å². The van der Waals surface area contributed by atoms with Crippen LogP contribution in [0.15, 0.2) is 0 Å². The number of rotatable bonds is 8. The molecule has 0 amide bonds. The minimum Gasteiger partial charge on any atom is -0.474 e. The quantitative estimate of drug-likeness (QED) is 0.539. The predicted molar refractivity (Wildman–Crippen MR) is 68.1 cm³/mol. The fourth-order valence-corrected chi connectivity index (χ4v) is 1.15. The van der Waals surface area contributed by atoms with Gasteiger partial charge in [-0.25, -0.2) is 0 Å². The summed E-state index contributed by atoms with van der Waals surface area (Å²) in [6.45, 7) is 4.38. The Morgan fingerprint density at radius 3 is 2.33 bits per heavy atom. The van der Waals surface area contributed by atoms with E-state index in [1.807, 2.05) is 6.92 Å². The van der Waals surface area contributed by atoms with Crippen LogP contribution in [0.25, 0.3) is 0 Å². The monoisotopic (exact) mass is 257 g/mol. The highest BCUT2D eigenvalue weighted by Gasteiger charge is 2.08. The molecule has 102 valence electrons. The SMILES string of the molecule is CCOCCOCCOc1nc(N)nc(N)c1N. The zero-order valence-corrected chi connectivity index (χ0v) is 10.4. The van der Waals surface area contributed by atoms with Crippen molar-refractivity contribution in [2.75, 3.05) is 50.2 Å². The highest BCUT2D eigenvalue weighted by molar-refractivity contribution is 5.65. The van der Waals surface area contributed by atoms with Crippen LogP contribution in [0.4, 0.5) is 17.5 Å². The molecule has 1 aromatic rings. The van der Waals surface area contributed by atoms with Gasteiger partial charge in [-0.2, -0.15) is 9.97 Å². The summed E-state index contributed by atoms with van der Waals surface area (Å²) in [6, 6.07) is 0. The number of hydrogen-bond donors (Lipinski definition) is 3. The highest BCUT2D eigenvalue weighted by atomic mass is 16.5. The van der Waals surface area contributed by atoms with Gasteiger partial charge in [0.1, 0.15) is 12.3 Å². The van der Waals surface area contributed by atoms with E-state index < -0.39 is 0 Å². The second kappa shape index (κ2) is 7.51. The molecule has 1 rings (SSSR count). The first kappa shape index (κ1) is 14.3. The van der Waals surface area contributed by atoms with Crippen LogP contribution in [0.1, 0.15) is 6.92 Å². The molecular weight excluding hydrogens is 238 g/mol. The molecule has 0 radical (unpaired) electrons. The van der Waals surface area contributed by atoms with E-state index in [0.717, 1.165) is 0 Å². The van der Waals surface area contributed by atoms with Crippen LogP contribution in [0.3, 0.4) is 0 Å². The molecular formula is C10H19N5O3. The van der Waals surface area contributed by atoms with Gasteiger partial charge >= 0.3 is 0 Å². The largest absolute Gasteiger partial charge is 0.474 e. The lowest BCUT2D eigenvalue weighted by molar-refractivity contribution is 0.0400. The fourth-order valence-electron chi connectivity index (χ4n) is 1.15. The van der Waals surface area contributed by atoms with Crippen LogP contribution in [-0.2, 0) is 9.47 Å². The molecule has 6 N–H and O–H groups in total. The van der Waals surface area contributed by atoms with E-state index >= 15 is 0 Å². The average molecular weight is 257 g/mol. The van der Waals surface area contributed by atoms with Crippen LogP contribution < -0.4 is 21.9 Å². The van der Waals surface area contributed by atoms with Gasteiger partial charge < -0.3 is 31.4 Å². The molecule has 0 saturated carbocycles. The van der Waals surface area contributed by atoms with Crippen molar-refractivity contribution in [1.29, 1.82) is 0 Å². The van der Waals surface area contributed by atoms with E-state index in [-0.39, 0.29) is 23.3 Å². The molecule has 0 spiro atoms. The topological polar surface area (TPSA) is 132 Å². The minimum atomic E-state index is 0.0222. The molecule has 8 heteroatoms. The van der Waals surface area contributed by atoms with Crippen LogP contribution in [-0.4, -0.2) is 43.0 Å². The van der Waals surface area contributed by atoms with Crippen molar-refractivity contribution in [2.45, 2.75) is 6.92 Å². The summed E-state index contributed by atoms with van der Waals surface area (Å²) in [5, 5.41) is 0. The smallest absolute Gasteiger partial charge is 0.244 e. The Labute approximate surface area is 105 Å². The van der Waals surface area contributed by atoms with Gasteiger partial charge in [-0.05, 0) is 6.92 Å². The highest BCUT2D eigenvalue weighted by Crippen LogP contribution is 2.23. The molecule has 0 aliphatic rings. The number of ether oxygens (including phenoxy) is 3. The molecule has 0 atom stereocenters. The van der Waals surface area contributed by atoms with Crippen LogP contribution in [0.2, 0.25) is 0 Å². The fraction of sp³-hybridized carbons (Fsp3) is 0.600. The van der Waals surface area contributed by atoms with E-state index in [9.17, 15) is 0 Å². The zero-order valence-electron chi connectivity index (χ0n) is 10.4. The van der Waals surface area contributed by atoms with Gasteiger partial charge in [0.15, 0.2) is 5.82 Å². The Bertz CT molecular complexity index is 375. The first-order chi connectivity index (χ1) is 8.65. The molecule has 0 bridgehead atoms. The normalized spacial score (nSPS) is 10.5. The van der Waals surface area contributed by atoms with Crippen molar-refractivity contribution in [3.63, 3.8) is 0 Å². The molecule has 1 aromatic heterocycles. The van der Waals surface area contributed by atoms with Crippen molar-refractivity contribution in [3.05, 3.63) is 0 Å². The summed E-state index contributed by atoms with van der Waals surface area (Å²) >= 11 is 0. The molecule has 0 fully saturated rings. The first-order valence-electron chi connectivity index (χ1n) is 5.62.